The van der Waals surface area contributed by atoms with E-state index in [-0.39, 0.29) is 0 Å². The molecule has 0 bridgehead atoms. The smallest absolute Gasteiger partial charge is 0.0778 e. The molecule has 0 saturated carbocycles. The number of para-hydroxylation sites is 4. The summed E-state index contributed by atoms with van der Waals surface area (Å²) in [4.78, 5) is 10.3. The second kappa shape index (κ2) is 24.7. The first-order valence-corrected chi connectivity index (χ1v) is 30.7. The molecule has 2 aromatic heterocycles. The van der Waals surface area contributed by atoms with Crippen LogP contribution < -0.4 is 15.3 Å². The van der Waals surface area contributed by atoms with Crippen LogP contribution in [0.2, 0.25) is 0 Å². The number of aromatic nitrogens is 2. The van der Waals surface area contributed by atoms with Gasteiger partial charge in [-0.25, -0.2) is 4.99 Å². The Morgan fingerprint density at radius 3 is 2.16 bits per heavy atom. The zero-order chi connectivity index (χ0) is 58.5. The molecule has 0 N–H and O–H groups in total. The van der Waals surface area contributed by atoms with E-state index in [0.29, 0.717) is 0 Å². The Hall–Kier alpha value is -9.97. The molecule has 0 radical (unpaired) electrons. The third-order valence-corrected chi connectivity index (χ3v) is 17.4. The third kappa shape index (κ3) is 10.6. The molecule has 0 fully saturated rings. The summed E-state index contributed by atoms with van der Waals surface area (Å²) in [5.41, 5.74) is 24.1. The van der Waals surface area contributed by atoms with E-state index < -0.39 is 0 Å². The van der Waals surface area contributed by atoms with Gasteiger partial charge in [-0.1, -0.05) is 183 Å². The lowest BCUT2D eigenvalue weighted by Crippen LogP contribution is -2.38. The van der Waals surface area contributed by atoms with Gasteiger partial charge in [-0.05, 0) is 191 Å². The fraction of sp³-hybridized carbons (Fsp3) is 0.148. The molecule has 0 unspecified atom stereocenters. The van der Waals surface area contributed by atoms with Gasteiger partial charge < -0.3 is 18.9 Å². The summed E-state index contributed by atoms with van der Waals surface area (Å²) in [5.74, 6) is 0. The first-order chi connectivity index (χ1) is 42.4. The van der Waals surface area contributed by atoms with Crippen molar-refractivity contribution in [3.05, 3.63) is 322 Å². The fourth-order valence-electron chi connectivity index (χ4n) is 13.3. The Morgan fingerprint density at radius 2 is 1.38 bits per heavy atom. The van der Waals surface area contributed by atoms with Gasteiger partial charge in [0, 0.05) is 77.9 Å². The van der Waals surface area contributed by atoms with E-state index in [1.54, 1.807) is 0 Å². The van der Waals surface area contributed by atoms with E-state index in [9.17, 15) is 0 Å². The van der Waals surface area contributed by atoms with E-state index in [2.05, 4.69) is 295 Å². The number of nitrogens with zero attached hydrogens (tertiary/aromatic N) is 5. The minimum atomic E-state index is 0.823. The van der Waals surface area contributed by atoms with Gasteiger partial charge in [0.05, 0.1) is 33.8 Å². The number of benzene rings is 6. The summed E-state index contributed by atoms with van der Waals surface area (Å²) >= 11 is 0. The lowest BCUT2D eigenvalue weighted by molar-refractivity contribution is 0.547. The van der Waals surface area contributed by atoms with Crippen LogP contribution in [0.4, 0.5) is 17.1 Å². The molecule has 13 rings (SSSR count). The van der Waals surface area contributed by atoms with E-state index >= 15 is 0 Å². The maximum absolute atomic E-state index is 5.47. The minimum absolute atomic E-state index is 0.823. The minimum Gasteiger partial charge on any atom is -0.318 e. The van der Waals surface area contributed by atoms with Crippen molar-refractivity contribution in [1.82, 2.24) is 14.0 Å². The van der Waals surface area contributed by atoms with Gasteiger partial charge in [0.15, 0.2) is 0 Å². The number of fused-ring (bicyclic) bond motifs is 5. The molecule has 5 aliphatic rings. The maximum atomic E-state index is 5.47. The van der Waals surface area contributed by atoms with Crippen molar-refractivity contribution in [2.75, 3.05) is 4.90 Å². The largest absolute Gasteiger partial charge is 0.318 e. The fourth-order valence-corrected chi connectivity index (χ4v) is 13.3. The summed E-state index contributed by atoms with van der Waals surface area (Å²) in [6.07, 6.45) is 49.5. The molecule has 2 heterocycles. The monoisotopic (exact) mass is 1120 g/mol. The van der Waals surface area contributed by atoms with E-state index in [1.165, 1.54) is 94.4 Å². The highest BCUT2D eigenvalue weighted by atomic mass is 15.2. The van der Waals surface area contributed by atoms with Crippen molar-refractivity contribution in [3.8, 4) is 5.69 Å². The molecule has 5 nitrogen and oxygen atoms in total. The molecule has 0 amide bonds. The summed E-state index contributed by atoms with van der Waals surface area (Å²) in [7, 11) is 0. The number of rotatable bonds is 16. The van der Waals surface area contributed by atoms with Crippen LogP contribution in [0.25, 0.3) is 63.2 Å². The Bertz CT molecular complexity index is 4540. The first-order valence-electron chi connectivity index (χ1n) is 30.7. The topological polar surface area (TPSA) is 28.7 Å². The number of aryl methyl sites for hydroxylation is 2. The first kappa shape index (κ1) is 55.2. The second-order valence-corrected chi connectivity index (χ2v) is 22.7. The quantitative estimate of drug-likeness (QED) is 0.0713. The van der Waals surface area contributed by atoms with E-state index in [0.717, 1.165) is 103 Å². The SMILES string of the molecule is C=C(C1=CC=C(N(C2=CCCC=C2)C2=c3cccc(-n4c(/C=C\C)c(/C=C\C)c5ccccc54)c3=CCC2)CC1)C(=Nc1ccccc1C)c1ccc(N(C(=C)/C=C\C=C2/CC=CC=C2n2c3c(c4ccccc42)CCC=C3)c2ccccc2)cc1. The predicted octanol–water partition coefficient (Wildman–Crippen LogP) is 19.8. The molecule has 0 aliphatic heterocycles. The van der Waals surface area contributed by atoms with Crippen LogP contribution in [0.3, 0.4) is 0 Å². The van der Waals surface area contributed by atoms with Gasteiger partial charge in [0.25, 0.3) is 0 Å². The van der Waals surface area contributed by atoms with E-state index in [1.807, 2.05) is 0 Å². The molecule has 5 heteroatoms. The molecule has 5 aliphatic carbocycles. The summed E-state index contributed by atoms with van der Waals surface area (Å²) in [5, 5.41) is 5.16. The second-order valence-electron chi connectivity index (χ2n) is 22.7. The van der Waals surface area contributed by atoms with Gasteiger partial charge in [-0.15, -0.1) is 0 Å². The van der Waals surface area contributed by atoms with Crippen LogP contribution in [0.5, 0.6) is 0 Å². The lowest BCUT2D eigenvalue weighted by Gasteiger charge is -2.35. The molecular weight excluding hydrogens is 1040 g/mol. The van der Waals surface area contributed by atoms with E-state index in [4.69, 9.17) is 18.2 Å². The van der Waals surface area contributed by atoms with Gasteiger partial charge in [0.1, 0.15) is 0 Å². The zero-order valence-electron chi connectivity index (χ0n) is 49.8. The molecule has 8 aromatic rings. The third-order valence-electron chi connectivity index (χ3n) is 17.4. The number of allylic oxidation sites excluding steroid dienone is 19. The van der Waals surface area contributed by atoms with Crippen molar-refractivity contribution >= 4 is 80.3 Å². The number of hydrogen-bond donors (Lipinski definition) is 0. The number of anilines is 2. The zero-order valence-corrected chi connectivity index (χ0v) is 49.8. The Morgan fingerprint density at radius 1 is 0.628 bits per heavy atom. The lowest BCUT2D eigenvalue weighted by atomic mass is 9.89. The number of hydrogen-bond acceptors (Lipinski definition) is 3. The molecule has 6 aromatic carbocycles. The summed E-state index contributed by atoms with van der Waals surface area (Å²) in [6.45, 7) is 15.9. The van der Waals surface area contributed by atoms with Crippen molar-refractivity contribution < 1.29 is 0 Å². The van der Waals surface area contributed by atoms with Gasteiger partial charge >= 0.3 is 0 Å². The van der Waals surface area contributed by atoms with Crippen molar-refractivity contribution in [1.29, 1.82) is 0 Å². The maximum Gasteiger partial charge on any atom is 0.0778 e. The highest BCUT2D eigenvalue weighted by molar-refractivity contribution is 6.16. The van der Waals surface area contributed by atoms with Crippen LogP contribution in [-0.4, -0.2) is 19.7 Å². The predicted molar refractivity (Wildman–Crippen MR) is 368 cm³/mol. The normalized spacial score (nSPS) is 16.4. The highest BCUT2D eigenvalue weighted by Crippen LogP contribution is 2.40. The van der Waals surface area contributed by atoms with Crippen molar-refractivity contribution in [2.45, 2.75) is 78.6 Å². The average Bonchev–Trinajstić information content (AvgIpc) is 3.92. The molecule has 422 valence electrons. The molecular formula is C81H73N5. The van der Waals surface area contributed by atoms with Crippen LogP contribution in [0.15, 0.2) is 283 Å². The van der Waals surface area contributed by atoms with Crippen LogP contribution in [0.1, 0.15) is 98.9 Å². The number of aliphatic imine (C=N–C) groups is 1. The molecule has 86 heavy (non-hydrogen) atoms. The van der Waals surface area contributed by atoms with Crippen molar-refractivity contribution in [2.24, 2.45) is 4.99 Å². The molecule has 0 saturated heterocycles. The van der Waals surface area contributed by atoms with Crippen LogP contribution in [-0.2, 0) is 6.42 Å². The highest BCUT2D eigenvalue weighted by Gasteiger charge is 2.27. The average molecular weight is 1120 g/mol. The summed E-state index contributed by atoms with van der Waals surface area (Å²) in [6, 6.07) is 52.3. The van der Waals surface area contributed by atoms with Crippen LogP contribution >= 0.6 is 0 Å². The van der Waals surface area contributed by atoms with Crippen LogP contribution in [0, 0.1) is 6.92 Å². The summed E-state index contributed by atoms with van der Waals surface area (Å²) < 4.78 is 4.93. The molecule has 0 atom stereocenters. The van der Waals surface area contributed by atoms with Gasteiger partial charge in [-0.3, -0.25) is 0 Å². The Kier molecular flexibility index (Phi) is 15.9. The Labute approximate surface area is 507 Å². The van der Waals surface area contributed by atoms with Crippen molar-refractivity contribution in [3.63, 3.8) is 0 Å². The van der Waals surface area contributed by atoms with Gasteiger partial charge in [0.2, 0.25) is 0 Å². The molecule has 0 spiro atoms. The standard InChI is InChI=1S/C81H73N5/c1-6-27-67-68-37-16-23-46-79(68)86(75(67)28-7-2)80-48-26-40-71-72(80)41-25-47-76(71)84(64-35-12-9-13-36-64)66-53-49-60(50-54-66)59(5)81(82-73-42-19-14-29-57(73)3)62-51-55-65(56-52-62)83(63-33-10-8-11-34-63)58(4)30-24-32-61-31-15-20-43-74(61)85-77-44-21-17-38-69(77)70-39-18-22-45-78(70)85/h6-8,10-12,14-17,19-24,26-30,32-38,40-46,48-49,51-53,55-56H,4-5,9,13,18,25,31,39,47,50,54H2,1-3H3/b27-6-,28-7-,30-24-,61-32+,82-81?. The van der Waals surface area contributed by atoms with Gasteiger partial charge in [-0.2, -0.15) is 0 Å². The Balaban J connectivity index is 0.832.